The molecular formula is C11H21NO4. The minimum Gasteiger partial charge on any atom is -0.480 e. The maximum Gasteiger partial charge on any atom is 0.326 e. The largest absolute Gasteiger partial charge is 0.480 e. The van der Waals surface area contributed by atoms with Crippen molar-refractivity contribution < 1.29 is 19.4 Å². The molecule has 1 rings (SSSR count). The molecule has 1 aliphatic heterocycles. The third-order valence-corrected chi connectivity index (χ3v) is 3.13. The van der Waals surface area contributed by atoms with Crippen LogP contribution in [0, 0.1) is 0 Å². The summed E-state index contributed by atoms with van der Waals surface area (Å²) in [4.78, 5) is 13.4. The van der Waals surface area contributed by atoms with Gasteiger partial charge in [-0.3, -0.25) is 9.69 Å². The Balaban J connectivity index is 2.87. The summed E-state index contributed by atoms with van der Waals surface area (Å²) < 4.78 is 10.5. The molecule has 5 heteroatoms. The quantitative estimate of drug-likeness (QED) is 0.767. The maximum atomic E-state index is 11.4. The van der Waals surface area contributed by atoms with Gasteiger partial charge in [-0.15, -0.1) is 0 Å². The standard InChI is InChI=1S/C11H21NO4/c1-8-6-16-9(2)5-12(8)11(3,7-15-4)10(13)14/h8-9H,5-7H2,1-4H3,(H,13,14). The highest BCUT2D eigenvalue weighted by Crippen LogP contribution is 2.23. The number of hydrogen-bond donors (Lipinski definition) is 1. The van der Waals surface area contributed by atoms with Crippen LogP contribution in [0.15, 0.2) is 0 Å². The molecule has 16 heavy (non-hydrogen) atoms. The number of carboxylic acids is 1. The average Bonchev–Trinajstić information content (AvgIpc) is 2.21. The Morgan fingerprint density at radius 2 is 2.25 bits per heavy atom. The van der Waals surface area contributed by atoms with Crippen LogP contribution in [0.1, 0.15) is 20.8 Å². The molecule has 1 fully saturated rings. The fourth-order valence-electron chi connectivity index (χ4n) is 2.14. The monoisotopic (exact) mass is 231 g/mol. The van der Waals surface area contributed by atoms with Gasteiger partial charge < -0.3 is 14.6 Å². The predicted octanol–water partition coefficient (Wildman–Crippen LogP) is 0.585. The summed E-state index contributed by atoms with van der Waals surface area (Å²) in [7, 11) is 1.52. The smallest absolute Gasteiger partial charge is 0.326 e. The molecule has 1 aliphatic rings. The normalized spacial score (nSPS) is 31.0. The van der Waals surface area contributed by atoms with Crippen molar-refractivity contribution in [3.05, 3.63) is 0 Å². The van der Waals surface area contributed by atoms with Crippen LogP contribution in [-0.2, 0) is 14.3 Å². The van der Waals surface area contributed by atoms with Crippen molar-refractivity contribution in [1.29, 1.82) is 0 Å². The minimum absolute atomic E-state index is 0.0618. The van der Waals surface area contributed by atoms with Gasteiger partial charge >= 0.3 is 5.97 Å². The van der Waals surface area contributed by atoms with Gasteiger partial charge in [-0.25, -0.2) is 0 Å². The van der Waals surface area contributed by atoms with Crippen molar-refractivity contribution in [1.82, 2.24) is 4.90 Å². The molecule has 3 atom stereocenters. The van der Waals surface area contributed by atoms with Gasteiger partial charge in [0.25, 0.3) is 0 Å². The van der Waals surface area contributed by atoms with Gasteiger partial charge in [0, 0.05) is 19.7 Å². The molecule has 0 bridgehead atoms. The van der Waals surface area contributed by atoms with E-state index in [0.717, 1.165) is 0 Å². The molecule has 0 radical (unpaired) electrons. The summed E-state index contributed by atoms with van der Waals surface area (Å²) in [5.74, 6) is -0.852. The van der Waals surface area contributed by atoms with Crippen molar-refractivity contribution in [2.45, 2.75) is 38.5 Å². The molecule has 94 valence electrons. The first-order valence-electron chi connectivity index (χ1n) is 5.52. The SMILES string of the molecule is COCC(C)(C(=O)O)N1CC(C)OCC1C. The van der Waals surface area contributed by atoms with E-state index >= 15 is 0 Å². The zero-order chi connectivity index (χ0) is 12.3. The van der Waals surface area contributed by atoms with Crippen LogP contribution < -0.4 is 0 Å². The van der Waals surface area contributed by atoms with E-state index in [0.29, 0.717) is 13.2 Å². The zero-order valence-corrected chi connectivity index (χ0v) is 10.4. The van der Waals surface area contributed by atoms with Gasteiger partial charge in [0.2, 0.25) is 0 Å². The fraction of sp³-hybridized carbons (Fsp3) is 0.909. The number of carbonyl (C=O) groups is 1. The van der Waals surface area contributed by atoms with E-state index in [1.54, 1.807) is 6.92 Å². The molecule has 0 saturated carbocycles. The highest BCUT2D eigenvalue weighted by molar-refractivity contribution is 5.78. The Morgan fingerprint density at radius 1 is 1.62 bits per heavy atom. The summed E-state index contributed by atoms with van der Waals surface area (Å²) in [6.07, 6.45) is 0.0618. The van der Waals surface area contributed by atoms with E-state index < -0.39 is 11.5 Å². The lowest BCUT2D eigenvalue weighted by Crippen LogP contribution is -2.63. The second kappa shape index (κ2) is 5.12. The van der Waals surface area contributed by atoms with Gasteiger partial charge in [-0.2, -0.15) is 0 Å². The number of aliphatic carboxylic acids is 1. The number of nitrogens with zero attached hydrogens (tertiary/aromatic N) is 1. The predicted molar refractivity (Wildman–Crippen MR) is 59.5 cm³/mol. The number of ether oxygens (including phenoxy) is 2. The average molecular weight is 231 g/mol. The van der Waals surface area contributed by atoms with Crippen LogP contribution in [0.4, 0.5) is 0 Å². The number of rotatable bonds is 4. The van der Waals surface area contributed by atoms with Crippen LogP contribution in [0.2, 0.25) is 0 Å². The van der Waals surface area contributed by atoms with Crippen molar-refractivity contribution >= 4 is 5.97 Å². The van der Waals surface area contributed by atoms with Gasteiger partial charge in [0.15, 0.2) is 0 Å². The van der Waals surface area contributed by atoms with Crippen LogP contribution in [0.3, 0.4) is 0 Å². The van der Waals surface area contributed by atoms with E-state index in [1.165, 1.54) is 7.11 Å². The Bertz CT molecular complexity index is 258. The molecule has 0 aromatic rings. The fourth-order valence-corrected chi connectivity index (χ4v) is 2.14. The molecule has 5 nitrogen and oxygen atoms in total. The second-order valence-electron chi connectivity index (χ2n) is 4.66. The molecule has 1 N–H and O–H groups in total. The molecule has 0 aliphatic carbocycles. The van der Waals surface area contributed by atoms with Crippen molar-refractivity contribution in [2.75, 3.05) is 26.9 Å². The lowest BCUT2D eigenvalue weighted by Gasteiger charge is -2.45. The van der Waals surface area contributed by atoms with Crippen molar-refractivity contribution in [2.24, 2.45) is 0 Å². The molecule has 0 spiro atoms. The van der Waals surface area contributed by atoms with Gasteiger partial charge in [0.1, 0.15) is 5.54 Å². The molecule has 0 aromatic heterocycles. The summed E-state index contributed by atoms with van der Waals surface area (Å²) in [6, 6.07) is 0.0902. The van der Waals surface area contributed by atoms with Crippen LogP contribution >= 0.6 is 0 Å². The topological polar surface area (TPSA) is 59.0 Å². The summed E-state index contributed by atoms with van der Waals surface area (Å²) in [5, 5.41) is 9.36. The lowest BCUT2D eigenvalue weighted by molar-refractivity contribution is -0.166. The zero-order valence-electron chi connectivity index (χ0n) is 10.4. The van der Waals surface area contributed by atoms with Gasteiger partial charge in [-0.05, 0) is 20.8 Å². The summed E-state index contributed by atoms with van der Waals surface area (Å²) >= 11 is 0. The minimum atomic E-state index is -0.980. The van der Waals surface area contributed by atoms with Crippen molar-refractivity contribution in [3.63, 3.8) is 0 Å². The lowest BCUT2D eigenvalue weighted by atomic mass is 9.97. The number of hydrogen-bond acceptors (Lipinski definition) is 4. The number of carboxylic acid groups (broad SMARTS) is 1. The third kappa shape index (κ3) is 2.53. The van der Waals surface area contributed by atoms with Gasteiger partial charge in [-0.1, -0.05) is 0 Å². The van der Waals surface area contributed by atoms with E-state index in [9.17, 15) is 9.90 Å². The highest BCUT2D eigenvalue weighted by atomic mass is 16.5. The highest BCUT2D eigenvalue weighted by Gasteiger charge is 2.44. The first kappa shape index (κ1) is 13.4. The first-order valence-corrected chi connectivity index (χ1v) is 5.52. The third-order valence-electron chi connectivity index (χ3n) is 3.13. The Morgan fingerprint density at radius 3 is 2.75 bits per heavy atom. The Labute approximate surface area is 96.3 Å². The number of morpholine rings is 1. The maximum absolute atomic E-state index is 11.4. The molecule has 1 saturated heterocycles. The molecular weight excluding hydrogens is 210 g/mol. The molecule has 1 heterocycles. The van der Waals surface area contributed by atoms with Crippen LogP contribution in [0.25, 0.3) is 0 Å². The van der Waals surface area contributed by atoms with Gasteiger partial charge in [0.05, 0.1) is 19.3 Å². The molecule has 3 unspecified atom stereocenters. The summed E-state index contributed by atoms with van der Waals surface area (Å²) in [6.45, 7) is 6.99. The molecule has 0 aromatic carbocycles. The second-order valence-corrected chi connectivity index (χ2v) is 4.66. The van der Waals surface area contributed by atoms with E-state index in [2.05, 4.69) is 0 Å². The van der Waals surface area contributed by atoms with Crippen LogP contribution in [0.5, 0.6) is 0 Å². The Hall–Kier alpha value is -0.650. The Kier molecular flexibility index (Phi) is 4.29. The molecule has 0 amide bonds. The van der Waals surface area contributed by atoms with E-state index in [-0.39, 0.29) is 18.8 Å². The van der Waals surface area contributed by atoms with E-state index in [4.69, 9.17) is 9.47 Å². The number of methoxy groups -OCH3 is 1. The van der Waals surface area contributed by atoms with Crippen LogP contribution in [-0.4, -0.2) is 60.5 Å². The summed E-state index contributed by atoms with van der Waals surface area (Å²) in [5.41, 5.74) is -0.980. The first-order chi connectivity index (χ1) is 7.41. The van der Waals surface area contributed by atoms with E-state index in [1.807, 2.05) is 18.7 Å². The van der Waals surface area contributed by atoms with Crippen molar-refractivity contribution in [3.8, 4) is 0 Å².